The number of halogens is 2. The lowest BCUT2D eigenvalue weighted by molar-refractivity contribution is 0.413. The van der Waals surface area contributed by atoms with Crippen molar-refractivity contribution in [3.05, 3.63) is 63.6 Å². The van der Waals surface area contributed by atoms with Gasteiger partial charge >= 0.3 is 0 Å². The van der Waals surface area contributed by atoms with E-state index in [0.717, 1.165) is 23.3 Å². The van der Waals surface area contributed by atoms with Crippen molar-refractivity contribution in [1.82, 2.24) is 5.43 Å². The van der Waals surface area contributed by atoms with Crippen LogP contribution in [-0.2, 0) is 12.8 Å². The summed E-state index contributed by atoms with van der Waals surface area (Å²) in [5.74, 6) is 6.50. The number of methoxy groups -OCH3 is 1. The van der Waals surface area contributed by atoms with Crippen LogP contribution in [0.5, 0.6) is 5.75 Å². The first-order valence-corrected chi connectivity index (χ1v) is 7.41. The van der Waals surface area contributed by atoms with Crippen molar-refractivity contribution in [2.24, 2.45) is 5.84 Å². The molecule has 112 valence electrons. The fraction of sp³-hybridized carbons (Fsp3) is 0.250. The van der Waals surface area contributed by atoms with Crippen LogP contribution in [0.15, 0.2) is 42.5 Å². The van der Waals surface area contributed by atoms with Gasteiger partial charge in [0, 0.05) is 16.1 Å². The highest BCUT2D eigenvalue weighted by Crippen LogP contribution is 2.26. The van der Waals surface area contributed by atoms with E-state index in [2.05, 4.69) is 5.43 Å². The Morgan fingerprint density at radius 1 is 1.10 bits per heavy atom. The molecule has 2 aromatic carbocycles. The van der Waals surface area contributed by atoms with Crippen molar-refractivity contribution in [3.8, 4) is 5.75 Å². The van der Waals surface area contributed by atoms with Gasteiger partial charge in [-0.1, -0.05) is 41.4 Å². The average Bonchev–Trinajstić information content (AvgIpc) is 2.50. The van der Waals surface area contributed by atoms with Crippen LogP contribution in [-0.4, -0.2) is 13.2 Å². The number of hydrazine groups is 1. The summed E-state index contributed by atoms with van der Waals surface area (Å²) < 4.78 is 5.23. The van der Waals surface area contributed by atoms with Crippen LogP contribution >= 0.6 is 23.2 Å². The Morgan fingerprint density at radius 2 is 1.76 bits per heavy atom. The predicted molar refractivity (Wildman–Crippen MR) is 88.0 cm³/mol. The molecule has 0 heterocycles. The first-order chi connectivity index (χ1) is 10.1. The standard InChI is InChI=1S/C16H18Cl2N2O/c1-21-13-5-2-4-11(9-13)8-12(20-19)10-14-15(17)6-3-7-16(14)18/h2-7,9,12,20H,8,10,19H2,1H3. The first kappa shape index (κ1) is 16.1. The molecular weight excluding hydrogens is 307 g/mol. The number of ether oxygens (including phenoxy) is 1. The van der Waals surface area contributed by atoms with Gasteiger partial charge in [0.25, 0.3) is 0 Å². The quantitative estimate of drug-likeness (QED) is 0.630. The Kier molecular flexibility index (Phi) is 5.88. The third kappa shape index (κ3) is 4.35. The van der Waals surface area contributed by atoms with E-state index in [4.69, 9.17) is 33.8 Å². The summed E-state index contributed by atoms with van der Waals surface area (Å²) in [4.78, 5) is 0. The molecule has 1 unspecified atom stereocenters. The average molecular weight is 325 g/mol. The van der Waals surface area contributed by atoms with E-state index < -0.39 is 0 Å². The molecule has 0 radical (unpaired) electrons. The van der Waals surface area contributed by atoms with Crippen molar-refractivity contribution in [2.75, 3.05) is 7.11 Å². The predicted octanol–water partition coefficient (Wildman–Crippen LogP) is 3.62. The molecule has 3 N–H and O–H groups in total. The number of benzene rings is 2. The number of rotatable bonds is 6. The summed E-state index contributed by atoms with van der Waals surface area (Å²) in [6.45, 7) is 0. The zero-order valence-electron chi connectivity index (χ0n) is 11.8. The number of hydrogen-bond donors (Lipinski definition) is 2. The molecule has 5 heteroatoms. The minimum absolute atomic E-state index is 0.0366. The van der Waals surface area contributed by atoms with Crippen LogP contribution < -0.4 is 16.0 Å². The zero-order valence-corrected chi connectivity index (χ0v) is 13.3. The monoisotopic (exact) mass is 324 g/mol. The van der Waals surface area contributed by atoms with Crippen molar-refractivity contribution in [1.29, 1.82) is 0 Å². The van der Waals surface area contributed by atoms with Crippen LogP contribution in [0, 0.1) is 0 Å². The highest BCUT2D eigenvalue weighted by atomic mass is 35.5. The van der Waals surface area contributed by atoms with E-state index in [1.807, 2.05) is 42.5 Å². The highest BCUT2D eigenvalue weighted by Gasteiger charge is 2.14. The van der Waals surface area contributed by atoms with Crippen LogP contribution in [0.3, 0.4) is 0 Å². The Hall–Kier alpha value is -1.26. The summed E-state index contributed by atoms with van der Waals surface area (Å²) in [5.41, 5.74) is 4.88. The molecule has 0 aromatic heterocycles. The van der Waals surface area contributed by atoms with Gasteiger partial charge in [-0.05, 0) is 48.2 Å². The molecule has 0 spiro atoms. The van der Waals surface area contributed by atoms with Crippen LogP contribution in [0.1, 0.15) is 11.1 Å². The van der Waals surface area contributed by atoms with E-state index >= 15 is 0 Å². The molecule has 2 rings (SSSR count). The summed E-state index contributed by atoms with van der Waals surface area (Å²) in [6.07, 6.45) is 1.42. The fourth-order valence-corrected chi connectivity index (χ4v) is 2.80. The lowest BCUT2D eigenvalue weighted by atomic mass is 9.99. The van der Waals surface area contributed by atoms with Gasteiger partial charge in [-0.25, -0.2) is 0 Å². The van der Waals surface area contributed by atoms with E-state index in [9.17, 15) is 0 Å². The second-order valence-electron chi connectivity index (χ2n) is 4.82. The van der Waals surface area contributed by atoms with Crippen molar-refractivity contribution in [2.45, 2.75) is 18.9 Å². The largest absolute Gasteiger partial charge is 0.497 e. The van der Waals surface area contributed by atoms with Gasteiger partial charge < -0.3 is 4.74 Å². The van der Waals surface area contributed by atoms with Crippen LogP contribution in [0.2, 0.25) is 10.0 Å². The van der Waals surface area contributed by atoms with Crippen molar-refractivity contribution < 1.29 is 4.74 Å². The molecular formula is C16H18Cl2N2O. The Balaban J connectivity index is 2.13. The molecule has 0 aliphatic rings. The second-order valence-corrected chi connectivity index (χ2v) is 5.64. The minimum atomic E-state index is 0.0366. The lowest BCUT2D eigenvalue weighted by Crippen LogP contribution is -2.38. The molecule has 0 fully saturated rings. The molecule has 3 nitrogen and oxygen atoms in total. The Morgan fingerprint density at radius 3 is 2.38 bits per heavy atom. The molecule has 2 aromatic rings. The third-order valence-electron chi connectivity index (χ3n) is 3.36. The topological polar surface area (TPSA) is 47.3 Å². The van der Waals surface area contributed by atoms with Crippen molar-refractivity contribution >= 4 is 23.2 Å². The Labute approximate surface area is 135 Å². The van der Waals surface area contributed by atoms with E-state index in [1.54, 1.807) is 7.11 Å². The van der Waals surface area contributed by atoms with Crippen LogP contribution in [0.25, 0.3) is 0 Å². The molecule has 0 saturated carbocycles. The number of nitrogens with two attached hydrogens (primary N) is 1. The van der Waals surface area contributed by atoms with Gasteiger partial charge in [0.15, 0.2) is 0 Å². The maximum Gasteiger partial charge on any atom is 0.119 e. The maximum atomic E-state index is 6.21. The number of hydrogen-bond acceptors (Lipinski definition) is 3. The first-order valence-electron chi connectivity index (χ1n) is 6.66. The number of nitrogens with one attached hydrogen (secondary N) is 1. The normalized spacial score (nSPS) is 12.2. The Bertz CT molecular complexity index is 584. The summed E-state index contributed by atoms with van der Waals surface area (Å²) in [6, 6.07) is 13.5. The summed E-state index contributed by atoms with van der Waals surface area (Å²) >= 11 is 12.4. The molecule has 1 atom stereocenters. The van der Waals surface area contributed by atoms with E-state index in [0.29, 0.717) is 16.5 Å². The molecule has 21 heavy (non-hydrogen) atoms. The lowest BCUT2D eigenvalue weighted by Gasteiger charge is -2.18. The van der Waals surface area contributed by atoms with Gasteiger partial charge in [0.1, 0.15) is 5.75 Å². The molecule has 0 aliphatic carbocycles. The smallest absolute Gasteiger partial charge is 0.119 e. The SMILES string of the molecule is COc1cccc(CC(Cc2c(Cl)cccc2Cl)NN)c1. The zero-order chi connectivity index (χ0) is 15.2. The molecule has 0 bridgehead atoms. The highest BCUT2D eigenvalue weighted by molar-refractivity contribution is 6.36. The van der Waals surface area contributed by atoms with Gasteiger partial charge in [-0.3, -0.25) is 11.3 Å². The van der Waals surface area contributed by atoms with Gasteiger partial charge in [-0.15, -0.1) is 0 Å². The maximum absolute atomic E-state index is 6.21. The molecule has 0 saturated heterocycles. The van der Waals surface area contributed by atoms with Crippen molar-refractivity contribution in [3.63, 3.8) is 0 Å². The van der Waals surface area contributed by atoms with E-state index in [1.165, 1.54) is 0 Å². The van der Waals surface area contributed by atoms with Gasteiger partial charge in [0.05, 0.1) is 7.11 Å². The fourth-order valence-electron chi connectivity index (χ4n) is 2.25. The summed E-state index contributed by atoms with van der Waals surface area (Å²) in [5, 5.41) is 1.32. The minimum Gasteiger partial charge on any atom is -0.497 e. The summed E-state index contributed by atoms with van der Waals surface area (Å²) in [7, 11) is 1.65. The van der Waals surface area contributed by atoms with Crippen LogP contribution in [0.4, 0.5) is 0 Å². The molecule has 0 aliphatic heterocycles. The second kappa shape index (κ2) is 7.66. The van der Waals surface area contributed by atoms with Gasteiger partial charge in [0.2, 0.25) is 0 Å². The van der Waals surface area contributed by atoms with E-state index in [-0.39, 0.29) is 6.04 Å². The van der Waals surface area contributed by atoms with Gasteiger partial charge in [-0.2, -0.15) is 0 Å². The third-order valence-corrected chi connectivity index (χ3v) is 4.07. The molecule has 0 amide bonds.